The van der Waals surface area contributed by atoms with E-state index in [0.717, 1.165) is 39.3 Å². The van der Waals surface area contributed by atoms with Crippen molar-refractivity contribution >= 4 is 0 Å². The smallest absolute Gasteiger partial charge is 0.0866 e. The van der Waals surface area contributed by atoms with E-state index in [9.17, 15) is 0 Å². The molecule has 1 aliphatic rings. The Hall–Kier alpha value is -1.38. The number of rotatable bonds is 4. The molecule has 1 aliphatic heterocycles. The minimum atomic E-state index is 0.562. The summed E-state index contributed by atoms with van der Waals surface area (Å²) in [4.78, 5) is 4.62. The highest BCUT2D eigenvalue weighted by molar-refractivity contribution is 4.81. The van der Waals surface area contributed by atoms with Crippen LogP contribution in [0.1, 0.15) is 0 Å². The lowest BCUT2D eigenvalue weighted by atomic mass is 10.3. The summed E-state index contributed by atoms with van der Waals surface area (Å²) < 4.78 is 1.96. The average molecular weight is 219 g/mol. The van der Waals surface area contributed by atoms with Crippen LogP contribution in [0.2, 0.25) is 0 Å². The Morgan fingerprint density at radius 1 is 1.12 bits per heavy atom. The molecule has 16 heavy (non-hydrogen) atoms. The van der Waals surface area contributed by atoms with Crippen molar-refractivity contribution in [3.63, 3.8) is 0 Å². The Morgan fingerprint density at radius 2 is 1.88 bits per heavy atom. The van der Waals surface area contributed by atoms with E-state index >= 15 is 0 Å². The van der Waals surface area contributed by atoms with Crippen LogP contribution in [0.25, 0.3) is 0 Å². The molecule has 5 heteroatoms. The predicted molar refractivity (Wildman–Crippen MR) is 60.7 cm³/mol. The Labute approximate surface area is 95.9 Å². The maximum absolute atomic E-state index is 8.60. The van der Waals surface area contributed by atoms with Crippen molar-refractivity contribution in [2.24, 2.45) is 0 Å². The van der Waals surface area contributed by atoms with Crippen molar-refractivity contribution in [3.05, 3.63) is 18.5 Å². The van der Waals surface area contributed by atoms with Gasteiger partial charge in [-0.25, -0.2) is 0 Å². The van der Waals surface area contributed by atoms with Gasteiger partial charge in [-0.05, 0) is 6.07 Å². The van der Waals surface area contributed by atoms with Crippen LogP contribution >= 0.6 is 0 Å². The highest BCUT2D eigenvalue weighted by Crippen LogP contribution is 2.01. The van der Waals surface area contributed by atoms with E-state index in [1.54, 1.807) is 0 Å². The largest absolute Gasteiger partial charge is 0.299 e. The summed E-state index contributed by atoms with van der Waals surface area (Å²) in [5.74, 6) is 0. The first-order valence-electron chi connectivity index (χ1n) is 5.67. The Morgan fingerprint density at radius 3 is 2.50 bits per heavy atom. The van der Waals surface area contributed by atoms with Gasteiger partial charge < -0.3 is 0 Å². The van der Waals surface area contributed by atoms with E-state index in [2.05, 4.69) is 21.0 Å². The second-order valence-electron chi connectivity index (χ2n) is 4.05. The molecule has 0 saturated carbocycles. The highest BCUT2D eigenvalue weighted by Gasteiger charge is 2.15. The summed E-state index contributed by atoms with van der Waals surface area (Å²) in [5.41, 5.74) is 0. The quantitative estimate of drug-likeness (QED) is 0.670. The minimum Gasteiger partial charge on any atom is -0.299 e. The lowest BCUT2D eigenvalue weighted by molar-refractivity contribution is 0.139. The third kappa shape index (κ3) is 3.05. The topological polar surface area (TPSA) is 48.1 Å². The van der Waals surface area contributed by atoms with Gasteiger partial charge in [-0.1, -0.05) is 0 Å². The van der Waals surface area contributed by atoms with Gasteiger partial charge in [-0.2, -0.15) is 10.4 Å². The second-order valence-corrected chi connectivity index (χ2v) is 4.05. The maximum Gasteiger partial charge on any atom is 0.0866 e. The molecule has 0 amide bonds. The van der Waals surface area contributed by atoms with Crippen LogP contribution in [-0.4, -0.2) is 58.8 Å². The molecule has 0 aliphatic carbocycles. The molecule has 0 N–H and O–H groups in total. The highest BCUT2D eigenvalue weighted by atomic mass is 15.3. The molecule has 1 saturated heterocycles. The van der Waals surface area contributed by atoms with Gasteiger partial charge >= 0.3 is 0 Å². The lowest BCUT2D eigenvalue weighted by Crippen LogP contribution is -2.47. The van der Waals surface area contributed by atoms with Gasteiger partial charge in [0.1, 0.15) is 0 Å². The van der Waals surface area contributed by atoms with Crippen molar-refractivity contribution < 1.29 is 0 Å². The van der Waals surface area contributed by atoms with Crippen molar-refractivity contribution in [2.45, 2.75) is 6.54 Å². The fourth-order valence-corrected chi connectivity index (χ4v) is 1.95. The van der Waals surface area contributed by atoms with Gasteiger partial charge in [0.05, 0.1) is 19.2 Å². The summed E-state index contributed by atoms with van der Waals surface area (Å²) in [7, 11) is 0. The zero-order valence-corrected chi connectivity index (χ0v) is 9.42. The summed E-state index contributed by atoms with van der Waals surface area (Å²) in [6.07, 6.45) is 3.80. The lowest BCUT2D eigenvalue weighted by Gasteiger charge is -2.33. The number of aromatic nitrogens is 2. The standard InChI is InChI=1S/C11H17N5/c12-2-5-14-6-8-15(9-7-14)10-11-16-4-1-3-13-16/h1,3-4H,5-11H2. The molecule has 1 aromatic heterocycles. The van der Waals surface area contributed by atoms with E-state index in [0.29, 0.717) is 6.54 Å². The number of nitrogens with zero attached hydrogens (tertiary/aromatic N) is 5. The SMILES string of the molecule is N#CCN1CCN(CCn2cccn2)CC1. The van der Waals surface area contributed by atoms with E-state index in [1.807, 2.05) is 23.1 Å². The molecule has 0 spiro atoms. The third-order valence-corrected chi connectivity index (χ3v) is 2.96. The molecule has 0 aromatic carbocycles. The fourth-order valence-electron chi connectivity index (χ4n) is 1.95. The monoisotopic (exact) mass is 219 g/mol. The van der Waals surface area contributed by atoms with Crippen LogP contribution in [0.5, 0.6) is 0 Å². The number of hydrogen-bond donors (Lipinski definition) is 0. The van der Waals surface area contributed by atoms with Gasteiger partial charge in [-0.15, -0.1) is 0 Å². The average Bonchev–Trinajstić information content (AvgIpc) is 2.82. The van der Waals surface area contributed by atoms with Crippen LogP contribution in [-0.2, 0) is 6.54 Å². The summed E-state index contributed by atoms with van der Waals surface area (Å²) in [5, 5.41) is 12.8. The normalized spacial score (nSPS) is 18.4. The fraction of sp³-hybridized carbons (Fsp3) is 0.636. The Kier molecular flexibility index (Phi) is 3.91. The van der Waals surface area contributed by atoms with Crippen LogP contribution < -0.4 is 0 Å². The molecule has 2 rings (SSSR count). The van der Waals surface area contributed by atoms with Crippen LogP contribution in [0.4, 0.5) is 0 Å². The van der Waals surface area contributed by atoms with Crippen LogP contribution in [0.15, 0.2) is 18.5 Å². The van der Waals surface area contributed by atoms with E-state index in [-0.39, 0.29) is 0 Å². The van der Waals surface area contributed by atoms with Crippen molar-refractivity contribution in [1.82, 2.24) is 19.6 Å². The zero-order valence-electron chi connectivity index (χ0n) is 9.42. The molecule has 1 aromatic rings. The van der Waals surface area contributed by atoms with E-state index in [1.165, 1.54) is 0 Å². The summed E-state index contributed by atoms with van der Waals surface area (Å²) in [6.45, 7) is 6.69. The zero-order chi connectivity index (χ0) is 11.2. The molecule has 86 valence electrons. The second kappa shape index (κ2) is 5.64. The van der Waals surface area contributed by atoms with Crippen LogP contribution in [0, 0.1) is 11.3 Å². The number of hydrogen-bond acceptors (Lipinski definition) is 4. The molecular weight excluding hydrogens is 202 g/mol. The van der Waals surface area contributed by atoms with Crippen molar-refractivity contribution in [2.75, 3.05) is 39.3 Å². The molecule has 2 heterocycles. The number of piperazine rings is 1. The molecule has 0 bridgehead atoms. The molecule has 1 fully saturated rings. The first kappa shape index (κ1) is 11.1. The summed E-state index contributed by atoms with van der Waals surface area (Å²) >= 11 is 0. The Balaban J connectivity index is 1.68. The van der Waals surface area contributed by atoms with Crippen molar-refractivity contribution in [1.29, 1.82) is 5.26 Å². The predicted octanol–water partition coefficient (Wildman–Crippen LogP) is 0.0243. The third-order valence-electron chi connectivity index (χ3n) is 2.96. The van der Waals surface area contributed by atoms with E-state index < -0.39 is 0 Å². The molecule has 0 unspecified atom stereocenters. The molecule has 0 radical (unpaired) electrons. The summed E-state index contributed by atoms with van der Waals surface area (Å²) in [6, 6.07) is 4.15. The van der Waals surface area contributed by atoms with Gasteiger partial charge in [0.25, 0.3) is 0 Å². The Bertz CT molecular complexity index is 332. The van der Waals surface area contributed by atoms with Gasteiger partial charge in [-0.3, -0.25) is 14.5 Å². The van der Waals surface area contributed by atoms with Crippen LogP contribution in [0.3, 0.4) is 0 Å². The van der Waals surface area contributed by atoms with Crippen molar-refractivity contribution in [3.8, 4) is 6.07 Å². The molecular formula is C11H17N5. The van der Waals surface area contributed by atoms with Gasteiger partial charge in [0.15, 0.2) is 0 Å². The first-order valence-corrected chi connectivity index (χ1v) is 5.67. The minimum absolute atomic E-state index is 0.562. The van der Waals surface area contributed by atoms with E-state index in [4.69, 9.17) is 5.26 Å². The molecule has 0 atom stereocenters. The number of nitriles is 1. The van der Waals surface area contributed by atoms with Gasteiger partial charge in [0, 0.05) is 45.1 Å². The van der Waals surface area contributed by atoms with Gasteiger partial charge in [0.2, 0.25) is 0 Å². The maximum atomic E-state index is 8.60. The first-order chi connectivity index (χ1) is 7.88. The molecule has 5 nitrogen and oxygen atoms in total.